The molecule has 0 bridgehead atoms. The lowest BCUT2D eigenvalue weighted by Gasteiger charge is -2.14. The molecule has 138 valence electrons. The Balaban J connectivity index is 1.40. The van der Waals surface area contributed by atoms with E-state index in [0.717, 1.165) is 24.3 Å². The summed E-state index contributed by atoms with van der Waals surface area (Å²) in [4.78, 5) is 17.6. The Morgan fingerprint density at radius 1 is 1.00 bits per heavy atom. The van der Waals surface area contributed by atoms with Crippen LogP contribution in [-0.4, -0.2) is 32.1 Å². The van der Waals surface area contributed by atoms with Gasteiger partial charge in [0.25, 0.3) is 0 Å². The van der Waals surface area contributed by atoms with Crippen molar-refractivity contribution in [2.24, 2.45) is 0 Å². The summed E-state index contributed by atoms with van der Waals surface area (Å²) in [6.07, 6.45) is 10.7. The van der Waals surface area contributed by atoms with Gasteiger partial charge in [0.2, 0.25) is 5.95 Å². The van der Waals surface area contributed by atoms with E-state index in [0.29, 0.717) is 34.9 Å². The molecule has 0 spiro atoms. The smallest absolute Gasteiger partial charge is 0.223 e. The van der Waals surface area contributed by atoms with Crippen molar-refractivity contribution >= 4 is 28.5 Å². The van der Waals surface area contributed by atoms with Gasteiger partial charge >= 0.3 is 0 Å². The Bertz CT molecular complexity index is 952. The average molecular weight is 362 g/mol. The second-order valence-electron chi connectivity index (χ2n) is 7.25. The second kappa shape index (κ2) is 6.98. The molecule has 0 unspecified atom stereocenters. The molecule has 5 rings (SSSR count). The number of aromatic nitrogens is 4. The molecule has 0 amide bonds. The summed E-state index contributed by atoms with van der Waals surface area (Å²) in [6.45, 7) is 0. The molecule has 3 aromatic rings. The van der Waals surface area contributed by atoms with E-state index in [4.69, 9.17) is 4.74 Å². The fraction of sp³-hybridized carbons (Fsp3) is 0.400. The van der Waals surface area contributed by atoms with E-state index in [1.54, 1.807) is 6.20 Å². The SMILES string of the molecule is c1cc(Nc2ncnc3cnc(NC4CC4)nc23)cc(OC2CCCC2)c1. The Kier molecular flexibility index (Phi) is 4.20. The van der Waals surface area contributed by atoms with Gasteiger partial charge < -0.3 is 15.4 Å². The van der Waals surface area contributed by atoms with Gasteiger partial charge in [-0.1, -0.05) is 6.07 Å². The van der Waals surface area contributed by atoms with Crippen molar-refractivity contribution in [3.8, 4) is 5.75 Å². The number of ether oxygens (including phenoxy) is 1. The van der Waals surface area contributed by atoms with Crippen LogP contribution in [-0.2, 0) is 0 Å². The van der Waals surface area contributed by atoms with Gasteiger partial charge in [0.15, 0.2) is 5.82 Å². The molecule has 2 saturated carbocycles. The highest BCUT2D eigenvalue weighted by atomic mass is 16.5. The molecular formula is C20H22N6O. The molecule has 0 atom stereocenters. The molecule has 2 aliphatic carbocycles. The van der Waals surface area contributed by atoms with Crippen molar-refractivity contribution in [2.45, 2.75) is 50.7 Å². The maximum atomic E-state index is 6.10. The van der Waals surface area contributed by atoms with E-state index in [1.807, 2.05) is 24.3 Å². The third-order valence-electron chi connectivity index (χ3n) is 4.99. The number of hydrogen-bond acceptors (Lipinski definition) is 7. The van der Waals surface area contributed by atoms with Crippen molar-refractivity contribution in [1.82, 2.24) is 19.9 Å². The summed E-state index contributed by atoms with van der Waals surface area (Å²) < 4.78 is 6.10. The summed E-state index contributed by atoms with van der Waals surface area (Å²) in [5, 5.41) is 6.68. The third-order valence-corrected chi connectivity index (χ3v) is 4.99. The van der Waals surface area contributed by atoms with Crippen molar-refractivity contribution in [2.75, 3.05) is 10.6 Å². The normalized spacial score (nSPS) is 17.2. The maximum absolute atomic E-state index is 6.10. The molecule has 0 saturated heterocycles. The predicted octanol–water partition coefficient (Wildman–Crippen LogP) is 4.06. The highest BCUT2D eigenvalue weighted by Gasteiger charge is 2.22. The van der Waals surface area contributed by atoms with Crippen molar-refractivity contribution in [3.05, 3.63) is 36.8 Å². The van der Waals surface area contributed by atoms with Crippen LogP contribution in [0, 0.1) is 0 Å². The van der Waals surface area contributed by atoms with Crippen LogP contribution in [0.15, 0.2) is 36.8 Å². The van der Waals surface area contributed by atoms with E-state index < -0.39 is 0 Å². The summed E-state index contributed by atoms with van der Waals surface area (Å²) >= 11 is 0. The molecular weight excluding hydrogens is 340 g/mol. The number of benzene rings is 1. The molecule has 2 aliphatic rings. The summed E-state index contributed by atoms with van der Waals surface area (Å²) in [5.41, 5.74) is 2.34. The molecule has 2 heterocycles. The van der Waals surface area contributed by atoms with Crippen LogP contribution in [0.5, 0.6) is 5.75 Å². The van der Waals surface area contributed by atoms with Crippen LogP contribution >= 0.6 is 0 Å². The molecule has 2 aromatic heterocycles. The first-order valence-corrected chi connectivity index (χ1v) is 9.61. The predicted molar refractivity (Wildman–Crippen MR) is 104 cm³/mol. The molecule has 1 aromatic carbocycles. The van der Waals surface area contributed by atoms with E-state index in [9.17, 15) is 0 Å². The fourth-order valence-electron chi connectivity index (χ4n) is 3.41. The number of nitrogens with zero attached hydrogens (tertiary/aromatic N) is 4. The third kappa shape index (κ3) is 3.77. The van der Waals surface area contributed by atoms with Gasteiger partial charge in [0.1, 0.15) is 23.1 Å². The minimum Gasteiger partial charge on any atom is -0.490 e. The first kappa shape index (κ1) is 16.2. The Morgan fingerprint density at radius 2 is 1.89 bits per heavy atom. The lowest BCUT2D eigenvalue weighted by Crippen LogP contribution is -2.10. The highest BCUT2D eigenvalue weighted by molar-refractivity contribution is 5.87. The minimum atomic E-state index is 0.337. The van der Waals surface area contributed by atoms with E-state index in [1.165, 1.54) is 32.0 Å². The molecule has 7 heteroatoms. The van der Waals surface area contributed by atoms with Gasteiger partial charge in [-0.15, -0.1) is 0 Å². The Morgan fingerprint density at radius 3 is 2.74 bits per heavy atom. The van der Waals surface area contributed by atoms with Crippen LogP contribution < -0.4 is 15.4 Å². The molecule has 0 radical (unpaired) electrons. The number of hydrogen-bond donors (Lipinski definition) is 2. The quantitative estimate of drug-likeness (QED) is 0.684. The zero-order valence-electron chi connectivity index (χ0n) is 15.1. The van der Waals surface area contributed by atoms with Gasteiger partial charge in [-0.25, -0.2) is 19.9 Å². The number of rotatable bonds is 6. The molecule has 2 fully saturated rings. The number of fused-ring (bicyclic) bond motifs is 1. The van der Waals surface area contributed by atoms with Gasteiger partial charge in [-0.2, -0.15) is 0 Å². The average Bonchev–Trinajstić information content (AvgIpc) is 3.35. The topological polar surface area (TPSA) is 84.9 Å². The molecule has 0 aliphatic heterocycles. The summed E-state index contributed by atoms with van der Waals surface area (Å²) in [7, 11) is 0. The van der Waals surface area contributed by atoms with Gasteiger partial charge in [0.05, 0.1) is 12.3 Å². The van der Waals surface area contributed by atoms with Crippen LogP contribution in [0.1, 0.15) is 38.5 Å². The minimum absolute atomic E-state index is 0.337. The first-order valence-electron chi connectivity index (χ1n) is 9.61. The van der Waals surface area contributed by atoms with Crippen molar-refractivity contribution < 1.29 is 4.74 Å². The standard InChI is InChI=1S/C20H22N6O/c1-2-6-15(5-1)27-16-7-3-4-14(10-16)24-19-18-17(22-12-23-19)11-21-20(26-18)25-13-8-9-13/h3-4,7,10-13,15H,1-2,5-6,8-9H2,(H,21,25,26)(H,22,23,24). The van der Waals surface area contributed by atoms with Gasteiger partial charge in [0, 0.05) is 17.8 Å². The summed E-state index contributed by atoms with van der Waals surface area (Å²) in [5.74, 6) is 2.18. The lowest BCUT2D eigenvalue weighted by molar-refractivity contribution is 0.210. The molecule has 27 heavy (non-hydrogen) atoms. The van der Waals surface area contributed by atoms with Crippen LogP contribution in [0.25, 0.3) is 11.0 Å². The number of anilines is 3. The van der Waals surface area contributed by atoms with Gasteiger partial charge in [-0.05, 0) is 50.7 Å². The highest BCUT2D eigenvalue weighted by Crippen LogP contribution is 2.28. The van der Waals surface area contributed by atoms with Gasteiger partial charge in [-0.3, -0.25) is 0 Å². The monoisotopic (exact) mass is 362 g/mol. The lowest BCUT2D eigenvalue weighted by atomic mass is 10.2. The number of nitrogens with one attached hydrogen (secondary N) is 2. The Hall–Kier alpha value is -2.96. The second-order valence-corrected chi connectivity index (χ2v) is 7.25. The fourth-order valence-corrected chi connectivity index (χ4v) is 3.41. The summed E-state index contributed by atoms with van der Waals surface area (Å²) in [6, 6.07) is 8.50. The van der Waals surface area contributed by atoms with E-state index in [2.05, 4.69) is 30.6 Å². The first-order chi connectivity index (χ1) is 13.3. The zero-order valence-corrected chi connectivity index (χ0v) is 15.1. The van der Waals surface area contributed by atoms with Crippen molar-refractivity contribution in [3.63, 3.8) is 0 Å². The molecule has 2 N–H and O–H groups in total. The van der Waals surface area contributed by atoms with Crippen molar-refractivity contribution in [1.29, 1.82) is 0 Å². The largest absolute Gasteiger partial charge is 0.490 e. The van der Waals surface area contributed by atoms with Crippen LogP contribution in [0.2, 0.25) is 0 Å². The van der Waals surface area contributed by atoms with E-state index in [-0.39, 0.29) is 0 Å². The maximum Gasteiger partial charge on any atom is 0.223 e. The van der Waals surface area contributed by atoms with Crippen LogP contribution in [0.4, 0.5) is 17.5 Å². The van der Waals surface area contributed by atoms with E-state index >= 15 is 0 Å². The molecule has 7 nitrogen and oxygen atoms in total. The zero-order chi connectivity index (χ0) is 18.1. The Labute approximate surface area is 157 Å². The van der Waals surface area contributed by atoms with Crippen LogP contribution in [0.3, 0.4) is 0 Å².